The van der Waals surface area contributed by atoms with E-state index in [2.05, 4.69) is 35.9 Å². The number of aryl methyl sites for hydroxylation is 1. The second-order valence-electron chi connectivity index (χ2n) is 4.37. The zero-order chi connectivity index (χ0) is 11.5. The van der Waals surface area contributed by atoms with Gasteiger partial charge in [0.1, 0.15) is 6.07 Å². The number of nitrogens with zero attached hydrogens (tertiary/aromatic N) is 3. The smallest absolute Gasteiger partial charge is 0.101 e. The summed E-state index contributed by atoms with van der Waals surface area (Å²) in [5.74, 6) is 0. The molecule has 0 radical (unpaired) electrons. The summed E-state index contributed by atoms with van der Waals surface area (Å²) in [6.45, 7) is 6.24. The first kappa shape index (κ1) is 11.0. The molecule has 0 atom stereocenters. The van der Waals surface area contributed by atoms with Crippen LogP contribution in [0.4, 0.5) is 5.69 Å². The number of benzene rings is 1. The normalized spacial score (nSPS) is 17.2. The monoisotopic (exact) mass is 215 g/mol. The minimum Gasteiger partial charge on any atom is -0.368 e. The molecule has 3 nitrogen and oxygen atoms in total. The summed E-state index contributed by atoms with van der Waals surface area (Å²) < 4.78 is 0. The van der Waals surface area contributed by atoms with E-state index in [1.165, 1.54) is 5.56 Å². The molecule has 0 aromatic heterocycles. The van der Waals surface area contributed by atoms with Crippen molar-refractivity contribution in [1.82, 2.24) is 4.90 Å². The molecule has 16 heavy (non-hydrogen) atoms. The molecule has 1 aromatic rings. The Balaban J connectivity index is 2.30. The second kappa shape index (κ2) is 4.54. The summed E-state index contributed by atoms with van der Waals surface area (Å²) in [7, 11) is 2.14. The molecule has 0 bridgehead atoms. The first-order chi connectivity index (χ1) is 7.72. The second-order valence-corrected chi connectivity index (χ2v) is 4.37. The highest BCUT2D eigenvalue weighted by Crippen LogP contribution is 2.25. The van der Waals surface area contributed by atoms with E-state index in [0.717, 1.165) is 37.4 Å². The predicted molar refractivity (Wildman–Crippen MR) is 65.6 cm³/mol. The molecule has 0 spiro atoms. The zero-order valence-electron chi connectivity index (χ0n) is 9.90. The van der Waals surface area contributed by atoms with Crippen LogP contribution >= 0.6 is 0 Å². The molecule has 0 N–H and O–H groups in total. The van der Waals surface area contributed by atoms with Crippen LogP contribution in [0.15, 0.2) is 18.2 Å². The number of para-hydroxylation sites is 1. The van der Waals surface area contributed by atoms with Crippen molar-refractivity contribution in [2.24, 2.45) is 0 Å². The van der Waals surface area contributed by atoms with Crippen LogP contribution in [0.1, 0.15) is 11.1 Å². The van der Waals surface area contributed by atoms with Gasteiger partial charge in [-0.05, 0) is 25.6 Å². The van der Waals surface area contributed by atoms with Crippen molar-refractivity contribution in [3.63, 3.8) is 0 Å². The Morgan fingerprint density at radius 2 is 1.88 bits per heavy atom. The van der Waals surface area contributed by atoms with E-state index in [4.69, 9.17) is 5.26 Å². The van der Waals surface area contributed by atoms with Crippen LogP contribution in [0.2, 0.25) is 0 Å². The minimum absolute atomic E-state index is 0.796. The van der Waals surface area contributed by atoms with Gasteiger partial charge in [0.25, 0.3) is 0 Å². The summed E-state index contributed by atoms with van der Waals surface area (Å²) in [5, 5.41) is 9.14. The van der Waals surface area contributed by atoms with Gasteiger partial charge in [0, 0.05) is 26.2 Å². The minimum atomic E-state index is 0.796. The predicted octanol–water partition coefficient (Wildman–Crippen LogP) is 1.62. The van der Waals surface area contributed by atoms with Crippen molar-refractivity contribution in [2.45, 2.75) is 6.92 Å². The standard InChI is InChI=1S/C13H17N3/c1-11-4-3-5-12(10-14)13(11)16-8-6-15(2)7-9-16/h3-5H,6-9H2,1-2H3. The van der Waals surface area contributed by atoms with Crippen molar-refractivity contribution in [1.29, 1.82) is 5.26 Å². The highest BCUT2D eigenvalue weighted by molar-refractivity contribution is 5.64. The molecule has 84 valence electrons. The van der Waals surface area contributed by atoms with Gasteiger partial charge in [-0.1, -0.05) is 12.1 Å². The van der Waals surface area contributed by atoms with Gasteiger partial charge >= 0.3 is 0 Å². The Labute approximate surface area is 96.9 Å². The average Bonchev–Trinajstić information content (AvgIpc) is 2.30. The number of nitriles is 1. The first-order valence-corrected chi connectivity index (χ1v) is 5.65. The van der Waals surface area contributed by atoms with Gasteiger partial charge in [0.05, 0.1) is 11.3 Å². The van der Waals surface area contributed by atoms with Crippen LogP contribution in [-0.4, -0.2) is 38.1 Å². The lowest BCUT2D eigenvalue weighted by Gasteiger charge is -2.35. The first-order valence-electron chi connectivity index (χ1n) is 5.65. The highest BCUT2D eigenvalue weighted by Gasteiger charge is 2.18. The Morgan fingerprint density at radius 3 is 2.50 bits per heavy atom. The molecule has 0 unspecified atom stereocenters. The molecule has 2 rings (SSSR count). The molecule has 1 aliphatic rings. The zero-order valence-corrected chi connectivity index (χ0v) is 9.90. The Hall–Kier alpha value is -1.53. The average molecular weight is 215 g/mol. The maximum Gasteiger partial charge on any atom is 0.101 e. The molecule has 1 aliphatic heterocycles. The van der Waals surface area contributed by atoms with Crippen LogP contribution < -0.4 is 4.90 Å². The van der Waals surface area contributed by atoms with Crippen LogP contribution in [0.3, 0.4) is 0 Å². The molecule has 0 saturated carbocycles. The fourth-order valence-corrected chi connectivity index (χ4v) is 2.20. The van der Waals surface area contributed by atoms with Crippen LogP contribution in [0, 0.1) is 18.3 Å². The van der Waals surface area contributed by atoms with E-state index < -0.39 is 0 Å². The van der Waals surface area contributed by atoms with Gasteiger partial charge in [-0.2, -0.15) is 5.26 Å². The van der Waals surface area contributed by atoms with Gasteiger partial charge in [0.2, 0.25) is 0 Å². The van der Waals surface area contributed by atoms with Gasteiger partial charge in [0.15, 0.2) is 0 Å². The molecule has 1 aromatic carbocycles. The van der Waals surface area contributed by atoms with Crippen molar-refractivity contribution < 1.29 is 0 Å². The number of piperazine rings is 1. The van der Waals surface area contributed by atoms with Crippen molar-refractivity contribution in [3.05, 3.63) is 29.3 Å². The van der Waals surface area contributed by atoms with Gasteiger partial charge in [-0.25, -0.2) is 0 Å². The van der Waals surface area contributed by atoms with Crippen molar-refractivity contribution in [3.8, 4) is 6.07 Å². The van der Waals surface area contributed by atoms with E-state index in [-0.39, 0.29) is 0 Å². The molecule has 0 aliphatic carbocycles. The van der Waals surface area contributed by atoms with Crippen LogP contribution in [0.5, 0.6) is 0 Å². The van der Waals surface area contributed by atoms with Crippen LogP contribution in [-0.2, 0) is 0 Å². The van der Waals surface area contributed by atoms with E-state index >= 15 is 0 Å². The fourth-order valence-electron chi connectivity index (χ4n) is 2.20. The summed E-state index contributed by atoms with van der Waals surface area (Å²) >= 11 is 0. The highest BCUT2D eigenvalue weighted by atomic mass is 15.2. The molecule has 1 heterocycles. The number of hydrogen-bond acceptors (Lipinski definition) is 3. The lowest BCUT2D eigenvalue weighted by atomic mass is 10.1. The van der Waals surface area contributed by atoms with Gasteiger partial charge < -0.3 is 9.80 Å². The quantitative estimate of drug-likeness (QED) is 0.713. The summed E-state index contributed by atoms with van der Waals surface area (Å²) in [6.07, 6.45) is 0. The van der Waals surface area contributed by atoms with E-state index in [9.17, 15) is 0 Å². The lowest BCUT2D eigenvalue weighted by molar-refractivity contribution is 0.312. The number of likely N-dealkylation sites (N-methyl/N-ethyl adjacent to an activating group) is 1. The summed E-state index contributed by atoms with van der Waals surface area (Å²) in [6, 6.07) is 8.22. The van der Waals surface area contributed by atoms with E-state index in [1.54, 1.807) is 0 Å². The molecular formula is C13H17N3. The number of anilines is 1. The lowest BCUT2D eigenvalue weighted by Crippen LogP contribution is -2.45. The maximum atomic E-state index is 9.14. The molecule has 0 amide bonds. The molecule has 1 fully saturated rings. The third kappa shape index (κ3) is 2.02. The van der Waals surface area contributed by atoms with Gasteiger partial charge in [-0.15, -0.1) is 0 Å². The Kier molecular flexibility index (Phi) is 3.12. The summed E-state index contributed by atoms with van der Waals surface area (Å²) in [4.78, 5) is 4.65. The molecule has 1 saturated heterocycles. The fraction of sp³-hybridized carbons (Fsp3) is 0.462. The van der Waals surface area contributed by atoms with Crippen molar-refractivity contribution in [2.75, 3.05) is 38.1 Å². The van der Waals surface area contributed by atoms with E-state index in [0.29, 0.717) is 0 Å². The third-order valence-electron chi connectivity index (χ3n) is 3.18. The topological polar surface area (TPSA) is 30.3 Å². The number of rotatable bonds is 1. The van der Waals surface area contributed by atoms with Crippen molar-refractivity contribution >= 4 is 5.69 Å². The number of hydrogen-bond donors (Lipinski definition) is 0. The van der Waals surface area contributed by atoms with Crippen LogP contribution in [0.25, 0.3) is 0 Å². The third-order valence-corrected chi connectivity index (χ3v) is 3.18. The summed E-state index contributed by atoms with van der Waals surface area (Å²) in [5.41, 5.74) is 3.12. The molecule has 3 heteroatoms. The largest absolute Gasteiger partial charge is 0.368 e. The van der Waals surface area contributed by atoms with Gasteiger partial charge in [-0.3, -0.25) is 0 Å². The Bertz CT molecular complexity index is 412. The SMILES string of the molecule is Cc1cccc(C#N)c1N1CCN(C)CC1. The molecular weight excluding hydrogens is 198 g/mol. The van der Waals surface area contributed by atoms with E-state index in [1.807, 2.05) is 12.1 Å². The Morgan fingerprint density at radius 1 is 1.19 bits per heavy atom. The maximum absolute atomic E-state index is 9.14.